The van der Waals surface area contributed by atoms with Crippen molar-refractivity contribution >= 4 is 23.1 Å². The van der Waals surface area contributed by atoms with Crippen molar-refractivity contribution in [2.24, 2.45) is 0 Å². The summed E-state index contributed by atoms with van der Waals surface area (Å²) in [7, 11) is 0. The number of fused-ring (bicyclic) bond motifs is 1. The molecule has 1 aliphatic carbocycles. The van der Waals surface area contributed by atoms with E-state index in [9.17, 15) is 9.59 Å². The maximum Gasteiger partial charge on any atom is 0.320 e. The van der Waals surface area contributed by atoms with Gasteiger partial charge in [-0.3, -0.25) is 14.5 Å². The SMILES string of the molecule is O=C1CC(c2ccc(COC(=O)CN3CCc4sccc4C3)cc2)C1. The van der Waals surface area contributed by atoms with Crippen LogP contribution in [0.15, 0.2) is 35.7 Å². The van der Waals surface area contributed by atoms with Crippen LogP contribution in [0.4, 0.5) is 0 Å². The Kier molecular flexibility index (Phi) is 4.68. The fraction of sp³-hybridized carbons (Fsp3) is 0.400. The van der Waals surface area contributed by atoms with E-state index in [0.29, 0.717) is 37.7 Å². The Morgan fingerprint density at radius 1 is 1.20 bits per heavy atom. The molecule has 0 N–H and O–H groups in total. The van der Waals surface area contributed by atoms with E-state index in [1.54, 1.807) is 11.3 Å². The van der Waals surface area contributed by atoms with E-state index in [0.717, 1.165) is 25.1 Å². The summed E-state index contributed by atoms with van der Waals surface area (Å²) in [6.45, 7) is 2.40. The molecule has 0 spiro atoms. The quantitative estimate of drug-likeness (QED) is 0.772. The highest BCUT2D eigenvalue weighted by Gasteiger charge is 2.27. The molecule has 1 aromatic carbocycles. The number of ether oxygens (including phenoxy) is 1. The Hall–Kier alpha value is -1.98. The molecule has 1 aromatic heterocycles. The van der Waals surface area contributed by atoms with E-state index < -0.39 is 0 Å². The number of hydrogen-bond donors (Lipinski definition) is 0. The number of nitrogens with zero attached hydrogens (tertiary/aromatic N) is 1. The van der Waals surface area contributed by atoms with Gasteiger partial charge in [0.1, 0.15) is 12.4 Å². The van der Waals surface area contributed by atoms with Crippen molar-refractivity contribution in [1.29, 1.82) is 0 Å². The van der Waals surface area contributed by atoms with Crippen LogP contribution in [-0.2, 0) is 33.9 Å². The van der Waals surface area contributed by atoms with Crippen molar-refractivity contribution < 1.29 is 14.3 Å². The number of Topliss-reactive ketones (excluding diaryl/α,β-unsaturated/α-hetero) is 1. The Morgan fingerprint density at radius 3 is 2.76 bits per heavy atom. The van der Waals surface area contributed by atoms with E-state index in [4.69, 9.17) is 4.74 Å². The molecule has 1 fully saturated rings. The molecule has 1 aliphatic heterocycles. The molecule has 4 nitrogen and oxygen atoms in total. The highest BCUT2D eigenvalue weighted by atomic mass is 32.1. The Bertz CT molecular complexity index is 772. The molecule has 0 unspecified atom stereocenters. The van der Waals surface area contributed by atoms with Crippen molar-refractivity contribution in [1.82, 2.24) is 4.90 Å². The lowest BCUT2D eigenvalue weighted by atomic mass is 9.79. The van der Waals surface area contributed by atoms with Crippen LogP contribution in [0, 0.1) is 0 Å². The number of rotatable bonds is 5. The maximum absolute atomic E-state index is 12.1. The molecule has 4 rings (SSSR count). The van der Waals surface area contributed by atoms with Crippen LogP contribution in [-0.4, -0.2) is 29.7 Å². The van der Waals surface area contributed by atoms with E-state index in [1.165, 1.54) is 16.0 Å². The minimum absolute atomic E-state index is 0.174. The first kappa shape index (κ1) is 16.5. The molecule has 0 radical (unpaired) electrons. The molecule has 130 valence electrons. The summed E-state index contributed by atoms with van der Waals surface area (Å²) in [5.41, 5.74) is 3.53. The van der Waals surface area contributed by atoms with Gasteiger partial charge in [-0.1, -0.05) is 24.3 Å². The van der Waals surface area contributed by atoms with Gasteiger partial charge in [0.2, 0.25) is 0 Å². The fourth-order valence-corrected chi connectivity index (χ4v) is 4.34. The third-order valence-electron chi connectivity index (χ3n) is 5.04. The van der Waals surface area contributed by atoms with E-state index in [1.807, 2.05) is 24.3 Å². The monoisotopic (exact) mass is 355 g/mol. The molecule has 1 saturated carbocycles. The number of thiophene rings is 1. The molecule has 2 aromatic rings. The number of esters is 1. The van der Waals surface area contributed by atoms with Gasteiger partial charge in [0.05, 0.1) is 6.54 Å². The fourth-order valence-electron chi connectivity index (χ4n) is 3.45. The minimum atomic E-state index is -0.174. The zero-order valence-corrected chi connectivity index (χ0v) is 14.9. The van der Waals surface area contributed by atoms with Crippen LogP contribution in [0.1, 0.15) is 40.3 Å². The Labute approximate surface area is 151 Å². The highest BCUT2D eigenvalue weighted by Crippen LogP contribution is 2.33. The van der Waals surface area contributed by atoms with Gasteiger partial charge < -0.3 is 4.74 Å². The van der Waals surface area contributed by atoms with Gasteiger partial charge in [-0.05, 0) is 40.5 Å². The number of carbonyl (C=O) groups excluding carboxylic acids is 2. The van der Waals surface area contributed by atoms with Crippen molar-refractivity contribution in [3.8, 4) is 0 Å². The zero-order chi connectivity index (χ0) is 17.2. The van der Waals surface area contributed by atoms with Gasteiger partial charge in [-0.25, -0.2) is 0 Å². The normalized spacial score (nSPS) is 17.8. The van der Waals surface area contributed by atoms with Gasteiger partial charge in [0, 0.05) is 30.8 Å². The summed E-state index contributed by atoms with van der Waals surface area (Å²) in [6.07, 6.45) is 2.34. The van der Waals surface area contributed by atoms with Gasteiger partial charge in [0.25, 0.3) is 0 Å². The van der Waals surface area contributed by atoms with Crippen molar-refractivity contribution in [3.63, 3.8) is 0 Å². The molecule has 0 bridgehead atoms. The standard InChI is InChI=1S/C20H21NO3S/c22-18-9-17(10-18)15-3-1-14(2-4-15)13-24-20(23)12-21-7-5-19-16(11-21)6-8-25-19/h1-4,6,8,17H,5,7,9-13H2. The number of carbonyl (C=O) groups is 2. The van der Waals surface area contributed by atoms with E-state index in [2.05, 4.69) is 16.3 Å². The van der Waals surface area contributed by atoms with Gasteiger partial charge >= 0.3 is 5.97 Å². The summed E-state index contributed by atoms with van der Waals surface area (Å²) < 4.78 is 5.43. The molecule has 0 amide bonds. The molecular weight excluding hydrogens is 334 g/mol. The number of hydrogen-bond acceptors (Lipinski definition) is 5. The number of ketones is 1. The smallest absolute Gasteiger partial charge is 0.320 e. The predicted molar refractivity (Wildman–Crippen MR) is 96.5 cm³/mol. The molecule has 0 atom stereocenters. The lowest BCUT2D eigenvalue weighted by Crippen LogP contribution is -2.34. The molecule has 25 heavy (non-hydrogen) atoms. The van der Waals surface area contributed by atoms with Crippen LogP contribution >= 0.6 is 11.3 Å². The Balaban J connectivity index is 1.24. The molecule has 2 aliphatic rings. The second kappa shape index (κ2) is 7.10. The first-order valence-corrected chi connectivity index (χ1v) is 9.59. The van der Waals surface area contributed by atoms with Crippen LogP contribution in [0.3, 0.4) is 0 Å². The van der Waals surface area contributed by atoms with Crippen LogP contribution in [0.25, 0.3) is 0 Å². The molecular formula is C20H21NO3S. The van der Waals surface area contributed by atoms with Gasteiger partial charge in [-0.2, -0.15) is 0 Å². The zero-order valence-electron chi connectivity index (χ0n) is 14.1. The van der Waals surface area contributed by atoms with Crippen LogP contribution in [0.5, 0.6) is 0 Å². The minimum Gasteiger partial charge on any atom is -0.460 e. The summed E-state index contributed by atoms with van der Waals surface area (Å²) in [6, 6.07) is 10.2. The second-order valence-electron chi connectivity index (χ2n) is 6.88. The van der Waals surface area contributed by atoms with E-state index >= 15 is 0 Å². The summed E-state index contributed by atoms with van der Waals surface area (Å²) in [4.78, 5) is 26.8. The first-order valence-electron chi connectivity index (χ1n) is 8.71. The van der Waals surface area contributed by atoms with Gasteiger partial charge in [0.15, 0.2) is 0 Å². The average molecular weight is 355 g/mol. The van der Waals surface area contributed by atoms with Crippen molar-refractivity contribution in [2.45, 2.75) is 38.3 Å². The number of benzene rings is 1. The first-order chi connectivity index (χ1) is 12.2. The molecule has 0 saturated heterocycles. The third-order valence-corrected chi connectivity index (χ3v) is 6.06. The largest absolute Gasteiger partial charge is 0.460 e. The predicted octanol–water partition coefficient (Wildman–Crippen LogP) is 3.30. The lowest BCUT2D eigenvalue weighted by molar-refractivity contribution is -0.146. The summed E-state index contributed by atoms with van der Waals surface area (Å²) in [5.74, 6) is 0.549. The third kappa shape index (κ3) is 3.83. The average Bonchev–Trinajstić information content (AvgIpc) is 3.05. The van der Waals surface area contributed by atoms with E-state index in [-0.39, 0.29) is 5.97 Å². The van der Waals surface area contributed by atoms with Crippen LogP contribution < -0.4 is 0 Å². The van der Waals surface area contributed by atoms with Crippen molar-refractivity contribution in [3.05, 3.63) is 57.3 Å². The molecule has 5 heteroatoms. The lowest BCUT2D eigenvalue weighted by Gasteiger charge is -2.25. The van der Waals surface area contributed by atoms with Crippen LogP contribution in [0.2, 0.25) is 0 Å². The molecule has 2 heterocycles. The topological polar surface area (TPSA) is 46.6 Å². The summed E-state index contributed by atoms with van der Waals surface area (Å²) in [5, 5.41) is 2.12. The van der Waals surface area contributed by atoms with Crippen molar-refractivity contribution in [2.75, 3.05) is 13.1 Å². The second-order valence-corrected chi connectivity index (χ2v) is 7.88. The summed E-state index contributed by atoms with van der Waals surface area (Å²) >= 11 is 1.80. The maximum atomic E-state index is 12.1. The highest BCUT2D eigenvalue weighted by molar-refractivity contribution is 7.10. The Morgan fingerprint density at radius 2 is 2.00 bits per heavy atom. The van der Waals surface area contributed by atoms with Gasteiger partial charge in [-0.15, -0.1) is 11.3 Å².